The van der Waals surface area contributed by atoms with Crippen molar-refractivity contribution in [3.05, 3.63) is 26.4 Å². The molecule has 0 radical (unpaired) electrons. The minimum Gasteiger partial charge on any atom is -0.370 e. The van der Waals surface area contributed by atoms with Crippen molar-refractivity contribution < 1.29 is 0 Å². The molecule has 0 aromatic carbocycles. The first kappa shape index (κ1) is 14.0. The van der Waals surface area contributed by atoms with Crippen LogP contribution in [-0.2, 0) is 14.1 Å². The van der Waals surface area contributed by atoms with Gasteiger partial charge in [-0.05, 0) is 6.42 Å². The van der Waals surface area contributed by atoms with E-state index >= 15 is 0 Å². The molecule has 1 aliphatic carbocycles. The van der Waals surface area contributed by atoms with Crippen LogP contribution in [0.15, 0.2) is 9.59 Å². The van der Waals surface area contributed by atoms with Gasteiger partial charge in [0.25, 0.3) is 5.56 Å². The zero-order valence-electron chi connectivity index (χ0n) is 10.4. The average Bonchev–Trinajstić information content (AvgIpc) is 2.97. The van der Waals surface area contributed by atoms with E-state index in [2.05, 4.69) is 5.32 Å². The molecule has 1 atom stereocenters. The van der Waals surface area contributed by atoms with Gasteiger partial charge in [0.1, 0.15) is 16.2 Å². The SMILES string of the molecule is Cn1c(NC[C@H]2CC2(Cl)Cl)c(C#N)c(=O)n(C)c1=O. The molecule has 19 heavy (non-hydrogen) atoms. The second-order valence-electron chi connectivity index (χ2n) is 4.58. The Hall–Kier alpha value is -1.45. The molecule has 8 heteroatoms. The van der Waals surface area contributed by atoms with Gasteiger partial charge < -0.3 is 5.32 Å². The Labute approximate surface area is 119 Å². The van der Waals surface area contributed by atoms with Crippen LogP contribution in [0.4, 0.5) is 5.82 Å². The van der Waals surface area contributed by atoms with Crippen molar-refractivity contribution >= 4 is 29.0 Å². The number of anilines is 1. The number of aromatic nitrogens is 2. The Morgan fingerprint density at radius 1 is 1.42 bits per heavy atom. The second kappa shape index (κ2) is 4.58. The smallest absolute Gasteiger partial charge is 0.332 e. The van der Waals surface area contributed by atoms with Crippen molar-refractivity contribution in [3.63, 3.8) is 0 Å². The van der Waals surface area contributed by atoms with E-state index in [-0.39, 0.29) is 17.3 Å². The number of hydrogen-bond acceptors (Lipinski definition) is 4. The Bertz CT molecular complexity index is 684. The summed E-state index contributed by atoms with van der Waals surface area (Å²) in [5, 5.41) is 12.0. The van der Waals surface area contributed by atoms with E-state index in [1.807, 2.05) is 6.07 Å². The molecule has 0 spiro atoms. The summed E-state index contributed by atoms with van der Waals surface area (Å²) in [6.07, 6.45) is 0.643. The van der Waals surface area contributed by atoms with Gasteiger partial charge in [0, 0.05) is 26.6 Å². The number of rotatable bonds is 3. The highest BCUT2D eigenvalue weighted by atomic mass is 35.5. The summed E-state index contributed by atoms with van der Waals surface area (Å²) in [7, 11) is 2.82. The Morgan fingerprint density at radius 3 is 2.47 bits per heavy atom. The molecule has 102 valence electrons. The standard InChI is InChI=1S/C11H12Cl2N4O2/c1-16-8(15-5-6-3-11(6,12)13)7(4-14)9(18)17(2)10(16)19/h6,15H,3,5H2,1-2H3/t6-/m1/s1. The van der Waals surface area contributed by atoms with Gasteiger partial charge >= 0.3 is 5.69 Å². The first-order chi connectivity index (χ1) is 8.79. The third kappa shape index (κ3) is 2.36. The van der Waals surface area contributed by atoms with Gasteiger partial charge in [-0.2, -0.15) is 5.26 Å². The van der Waals surface area contributed by atoms with E-state index in [4.69, 9.17) is 28.5 Å². The van der Waals surface area contributed by atoms with Crippen LogP contribution in [0.3, 0.4) is 0 Å². The van der Waals surface area contributed by atoms with Crippen molar-refractivity contribution in [2.24, 2.45) is 20.0 Å². The lowest BCUT2D eigenvalue weighted by molar-refractivity contribution is 0.682. The molecular formula is C11H12Cl2N4O2. The molecule has 1 N–H and O–H groups in total. The fourth-order valence-electron chi connectivity index (χ4n) is 1.86. The van der Waals surface area contributed by atoms with E-state index in [0.29, 0.717) is 13.0 Å². The van der Waals surface area contributed by atoms with Crippen LogP contribution >= 0.6 is 23.2 Å². The zero-order chi connectivity index (χ0) is 14.4. The van der Waals surface area contributed by atoms with Crippen molar-refractivity contribution in [2.45, 2.75) is 10.8 Å². The van der Waals surface area contributed by atoms with Gasteiger partial charge in [-0.25, -0.2) is 4.79 Å². The molecule has 0 unspecified atom stereocenters. The predicted octanol–water partition coefficient (Wildman–Crippen LogP) is 0.561. The highest BCUT2D eigenvalue weighted by molar-refractivity contribution is 6.50. The van der Waals surface area contributed by atoms with Crippen molar-refractivity contribution in [1.82, 2.24) is 9.13 Å². The number of nitrogens with zero attached hydrogens (tertiary/aromatic N) is 3. The minimum atomic E-state index is -0.752. The van der Waals surface area contributed by atoms with Crippen LogP contribution in [0.1, 0.15) is 12.0 Å². The molecule has 1 heterocycles. The van der Waals surface area contributed by atoms with Crippen LogP contribution in [0, 0.1) is 17.2 Å². The maximum atomic E-state index is 11.8. The molecule has 1 aliphatic rings. The number of hydrogen-bond donors (Lipinski definition) is 1. The van der Waals surface area contributed by atoms with E-state index < -0.39 is 15.6 Å². The fraction of sp³-hybridized carbons (Fsp3) is 0.545. The molecule has 0 aliphatic heterocycles. The molecule has 0 bridgehead atoms. The number of nitrogens with one attached hydrogen (secondary N) is 1. The van der Waals surface area contributed by atoms with Crippen LogP contribution in [0.25, 0.3) is 0 Å². The molecular weight excluding hydrogens is 291 g/mol. The summed E-state index contributed by atoms with van der Waals surface area (Å²) in [6.45, 7) is 0.405. The van der Waals surface area contributed by atoms with E-state index in [1.54, 1.807) is 0 Å². The normalized spacial score (nSPS) is 19.8. The molecule has 1 aromatic heterocycles. The van der Waals surface area contributed by atoms with Crippen molar-refractivity contribution in [2.75, 3.05) is 11.9 Å². The zero-order valence-corrected chi connectivity index (χ0v) is 11.9. The quantitative estimate of drug-likeness (QED) is 0.828. The summed E-state index contributed by atoms with van der Waals surface area (Å²) in [5.41, 5.74) is -1.21. The second-order valence-corrected chi connectivity index (χ2v) is 6.13. The average molecular weight is 303 g/mol. The highest BCUT2D eigenvalue weighted by Crippen LogP contribution is 2.52. The summed E-state index contributed by atoms with van der Waals surface area (Å²) in [4.78, 5) is 23.6. The lowest BCUT2D eigenvalue weighted by Crippen LogP contribution is -2.40. The number of halogens is 2. The first-order valence-corrected chi connectivity index (χ1v) is 6.37. The van der Waals surface area contributed by atoms with Gasteiger partial charge in [0.2, 0.25) is 0 Å². The van der Waals surface area contributed by atoms with Gasteiger partial charge in [-0.1, -0.05) is 0 Å². The maximum absolute atomic E-state index is 11.8. The van der Waals surface area contributed by atoms with Gasteiger partial charge in [0.05, 0.1) is 0 Å². The van der Waals surface area contributed by atoms with Crippen LogP contribution in [-0.4, -0.2) is 20.0 Å². The monoisotopic (exact) mass is 302 g/mol. The van der Waals surface area contributed by atoms with E-state index in [9.17, 15) is 9.59 Å². The maximum Gasteiger partial charge on any atom is 0.332 e. The molecule has 6 nitrogen and oxygen atoms in total. The summed E-state index contributed by atoms with van der Waals surface area (Å²) < 4.78 is 1.37. The Kier molecular flexibility index (Phi) is 3.37. The van der Waals surface area contributed by atoms with Gasteiger partial charge in [0.15, 0.2) is 5.56 Å². The predicted molar refractivity (Wildman–Crippen MR) is 72.7 cm³/mol. The molecule has 0 amide bonds. The third-order valence-electron chi connectivity index (χ3n) is 3.25. The van der Waals surface area contributed by atoms with Crippen LogP contribution in [0.5, 0.6) is 0 Å². The van der Waals surface area contributed by atoms with Crippen LogP contribution in [0.2, 0.25) is 0 Å². The topological polar surface area (TPSA) is 79.8 Å². The Morgan fingerprint density at radius 2 is 2.00 bits per heavy atom. The van der Waals surface area contributed by atoms with E-state index in [0.717, 1.165) is 4.57 Å². The van der Waals surface area contributed by atoms with Gasteiger partial charge in [-0.15, -0.1) is 23.2 Å². The number of alkyl halides is 2. The lowest BCUT2D eigenvalue weighted by Gasteiger charge is -2.13. The largest absolute Gasteiger partial charge is 0.370 e. The van der Waals surface area contributed by atoms with Crippen LogP contribution < -0.4 is 16.6 Å². The third-order valence-corrected chi connectivity index (χ3v) is 4.17. The number of nitriles is 1. The van der Waals surface area contributed by atoms with Crippen molar-refractivity contribution in [3.8, 4) is 6.07 Å². The molecule has 1 fully saturated rings. The summed E-state index contributed by atoms with van der Waals surface area (Å²) in [6, 6.07) is 1.82. The molecule has 2 rings (SSSR count). The van der Waals surface area contributed by atoms with Gasteiger partial charge in [-0.3, -0.25) is 13.9 Å². The van der Waals surface area contributed by atoms with E-state index in [1.165, 1.54) is 18.7 Å². The molecule has 1 aromatic rings. The molecule has 0 saturated heterocycles. The Balaban J connectivity index is 2.38. The van der Waals surface area contributed by atoms with Crippen molar-refractivity contribution in [1.29, 1.82) is 5.26 Å². The summed E-state index contributed by atoms with van der Waals surface area (Å²) in [5.74, 6) is 0.244. The molecule has 1 saturated carbocycles. The lowest BCUT2D eigenvalue weighted by atomic mass is 10.3. The highest BCUT2D eigenvalue weighted by Gasteiger charge is 2.51. The first-order valence-electron chi connectivity index (χ1n) is 5.61. The fourth-order valence-corrected chi connectivity index (χ4v) is 2.39. The summed E-state index contributed by atoms with van der Waals surface area (Å²) >= 11 is 11.8. The minimum absolute atomic E-state index is 0.0431.